The van der Waals surface area contributed by atoms with Gasteiger partial charge in [0.2, 0.25) is 0 Å². The number of hydrogen-bond acceptors (Lipinski definition) is 6. The van der Waals surface area contributed by atoms with Crippen molar-refractivity contribution in [3.8, 4) is 0 Å². The van der Waals surface area contributed by atoms with E-state index in [4.69, 9.17) is 4.42 Å². The van der Waals surface area contributed by atoms with Gasteiger partial charge in [0.1, 0.15) is 0 Å². The summed E-state index contributed by atoms with van der Waals surface area (Å²) in [4.78, 5) is 12.9. The highest BCUT2D eigenvalue weighted by molar-refractivity contribution is 7.92. The molecule has 8 heteroatoms. The number of aryl methyl sites for hydroxylation is 2. The molecule has 0 unspecified atom stereocenters. The Balaban J connectivity index is 1.65. The van der Waals surface area contributed by atoms with Gasteiger partial charge in [0.05, 0.1) is 34.3 Å². The van der Waals surface area contributed by atoms with Crippen LogP contribution >= 0.6 is 0 Å². The van der Waals surface area contributed by atoms with Gasteiger partial charge in [-0.3, -0.25) is 4.72 Å². The quantitative estimate of drug-likeness (QED) is 0.781. The Bertz CT molecular complexity index is 1040. The summed E-state index contributed by atoms with van der Waals surface area (Å²) in [5.74, 6) is 0.752. The minimum Gasteiger partial charge on any atom is -0.427 e. The van der Waals surface area contributed by atoms with Gasteiger partial charge < -0.3 is 4.42 Å². The van der Waals surface area contributed by atoms with E-state index >= 15 is 0 Å². The van der Waals surface area contributed by atoms with E-state index in [0.29, 0.717) is 17.1 Å². The molecule has 0 bridgehead atoms. The zero-order chi connectivity index (χ0) is 16.9. The fraction of sp³-hybridized carbons (Fsp3) is 0.312. The van der Waals surface area contributed by atoms with Crippen molar-refractivity contribution in [1.29, 1.82) is 0 Å². The molecule has 1 N–H and O–H groups in total. The van der Waals surface area contributed by atoms with Gasteiger partial charge in [-0.05, 0) is 44.9 Å². The van der Waals surface area contributed by atoms with E-state index in [1.807, 2.05) is 13.8 Å². The number of nitrogens with zero attached hydrogens (tertiary/aromatic N) is 3. The van der Waals surface area contributed by atoms with E-state index in [-0.39, 0.29) is 11.0 Å². The summed E-state index contributed by atoms with van der Waals surface area (Å²) < 4.78 is 32.7. The topological polar surface area (TPSA) is 98.0 Å². The van der Waals surface area contributed by atoms with Gasteiger partial charge in [-0.25, -0.2) is 15.0 Å². The molecule has 2 aromatic heterocycles. The molecule has 0 atom stereocenters. The molecular weight excluding hydrogens is 328 g/mol. The van der Waals surface area contributed by atoms with Crippen LogP contribution in [0.2, 0.25) is 0 Å². The van der Waals surface area contributed by atoms with Crippen molar-refractivity contribution in [1.82, 2.24) is 15.0 Å². The number of rotatable bonds is 4. The second-order valence-corrected chi connectivity index (χ2v) is 7.61. The Kier molecular flexibility index (Phi) is 3.31. The highest BCUT2D eigenvalue weighted by Gasteiger charge is 2.30. The van der Waals surface area contributed by atoms with Crippen LogP contribution in [-0.2, 0) is 10.0 Å². The van der Waals surface area contributed by atoms with Crippen LogP contribution in [0.15, 0.2) is 33.9 Å². The lowest BCUT2D eigenvalue weighted by molar-refractivity contribution is 0.410. The zero-order valence-electron chi connectivity index (χ0n) is 13.3. The molecule has 3 aromatic rings. The predicted octanol–water partition coefficient (Wildman–Crippen LogP) is 2.91. The lowest BCUT2D eigenvalue weighted by Gasteiger charge is -2.07. The molecule has 0 spiro atoms. The van der Waals surface area contributed by atoms with E-state index in [2.05, 4.69) is 19.7 Å². The van der Waals surface area contributed by atoms with Gasteiger partial charge in [-0.2, -0.15) is 8.42 Å². The summed E-state index contributed by atoms with van der Waals surface area (Å²) in [6.45, 7) is 3.76. The van der Waals surface area contributed by atoms with Crippen LogP contribution in [0.1, 0.15) is 36.0 Å². The third-order valence-electron chi connectivity index (χ3n) is 4.02. The molecule has 0 aliphatic heterocycles. The first-order valence-corrected chi connectivity index (χ1v) is 9.14. The van der Waals surface area contributed by atoms with Crippen LogP contribution in [0.5, 0.6) is 0 Å². The summed E-state index contributed by atoms with van der Waals surface area (Å²) in [6.07, 6.45) is 3.25. The molecule has 0 amide bonds. The van der Waals surface area contributed by atoms with Crippen LogP contribution in [-0.4, -0.2) is 23.4 Å². The molecule has 4 rings (SSSR count). The Hall–Kier alpha value is -2.48. The number of aromatic nitrogens is 3. The molecular formula is C16H16N4O3S. The van der Waals surface area contributed by atoms with Crippen LogP contribution in [0.3, 0.4) is 0 Å². The fourth-order valence-electron chi connectivity index (χ4n) is 2.41. The molecule has 1 aliphatic carbocycles. The maximum atomic E-state index is 12.4. The van der Waals surface area contributed by atoms with Crippen molar-refractivity contribution in [2.45, 2.75) is 37.7 Å². The third kappa shape index (κ3) is 2.73. The van der Waals surface area contributed by atoms with Crippen molar-refractivity contribution in [3.05, 3.63) is 41.7 Å². The minimum absolute atomic E-state index is 0.171. The Morgan fingerprint density at radius 1 is 1.12 bits per heavy atom. The highest BCUT2D eigenvalue weighted by atomic mass is 32.2. The predicted molar refractivity (Wildman–Crippen MR) is 88.3 cm³/mol. The Labute approximate surface area is 139 Å². The van der Waals surface area contributed by atoms with Gasteiger partial charge in [0, 0.05) is 5.92 Å². The average molecular weight is 344 g/mol. The summed E-state index contributed by atoms with van der Waals surface area (Å²) in [5, 5.41) is -0.171. The van der Waals surface area contributed by atoms with Crippen LogP contribution in [0, 0.1) is 13.8 Å². The monoisotopic (exact) mass is 344 g/mol. The molecule has 2 heterocycles. The van der Waals surface area contributed by atoms with Crippen molar-refractivity contribution in [2.75, 3.05) is 4.72 Å². The smallest absolute Gasteiger partial charge is 0.297 e. The molecule has 0 radical (unpaired) electrons. The van der Waals surface area contributed by atoms with Crippen LogP contribution in [0.25, 0.3) is 11.0 Å². The minimum atomic E-state index is -3.81. The van der Waals surface area contributed by atoms with Crippen LogP contribution < -0.4 is 4.72 Å². The molecule has 1 aromatic carbocycles. The molecule has 1 aliphatic rings. The van der Waals surface area contributed by atoms with E-state index < -0.39 is 10.0 Å². The SMILES string of the molecule is Cc1nc2ccc(NS(=O)(=O)c3cnc(C4CC4)o3)cc2nc1C. The summed E-state index contributed by atoms with van der Waals surface area (Å²) >= 11 is 0. The van der Waals surface area contributed by atoms with Crippen molar-refractivity contribution in [2.24, 2.45) is 0 Å². The number of benzene rings is 1. The summed E-state index contributed by atoms with van der Waals surface area (Å²) in [6, 6.07) is 5.05. The number of hydrogen-bond donors (Lipinski definition) is 1. The second kappa shape index (κ2) is 5.27. The van der Waals surface area contributed by atoms with E-state index in [1.54, 1.807) is 18.2 Å². The first-order valence-electron chi connectivity index (χ1n) is 7.66. The fourth-order valence-corrected chi connectivity index (χ4v) is 3.34. The molecule has 124 valence electrons. The number of sulfonamides is 1. The number of oxazole rings is 1. The first-order chi connectivity index (χ1) is 11.4. The van der Waals surface area contributed by atoms with Gasteiger partial charge in [-0.15, -0.1) is 0 Å². The summed E-state index contributed by atoms with van der Waals surface area (Å²) in [5.41, 5.74) is 3.42. The standard InChI is InChI=1S/C16H16N4O3S/c1-9-10(2)19-14-7-12(5-6-13(14)18-9)20-24(21,22)15-8-17-16(23-15)11-3-4-11/h5-8,11,20H,3-4H2,1-2H3. The molecule has 1 saturated carbocycles. The zero-order valence-corrected chi connectivity index (χ0v) is 14.1. The lowest BCUT2D eigenvalue weighted by atomic mass is 10.2. The largest absolute Gasteiger partial charge is 0.427 e. The van der Waals surface area contributed by atoms with Gasteiger partial charge in [-0.1, -0.05) is 0 Å². The normalized spacial score (nSPS) is 14.9. The second-order valence-electron chi connectivity index (χ2n) is 6.00. The number of nitrogens with one attached hydrogen (secondary N) is 1. The highest BCUT2D eigenvalue weighted by Crippen LogP contribution is 2.39. The van der Waals surface area contributed by atoms with E-state index in [1.165, 1.54) is 6.20 Å². The van der Waals surface area contributed by atoms with Crippen molar-refractivity contribution >= 4 is 26.7 Å². The number of fused-ring (bicyclic) bond motifs is 1. The van der Waals surface area contributed by atoms with E-state index in [0.717, 1.165) is 29.7 Å². The third-order valence-corrected chi connectivity index (χ3v) is 5.24. The van der Waals surface area contributed by atoms with E-state index in [9.17, 15) is 8.42 Å². The Morgan fingerprint density at radius 3 is 2.54 bits per heavy atom. The maximum absolute atomic E-state index is 12.4. The van der Waals surface area contributed by atoms with Crippen LogP contribution in [0.4, 0.5) is 5.69 Å². The average Bonchev–Trinajstić information content (AvgIpc) is 3.25. The van der Waals surface area contributed by atoms with Crippen molar-refractivity contribution in [3.63, 3.8) is 0 Å². The number of anilines is 1. The lowest BCUT2D eigenvalue weighted by Crippen LogP contribution is -2.12. The van der Waals surface area contributed by atoms with Gasteiger partial charge in [0.25, 0.3) is 15.1 Å². The maximum Gasteiger partial charge on any atom is 0.297 e. The molecule has 0 saturated heterocycles. The van der Waals surface area contributed by atoms with Gasteiger partial charge >= 0.3 is 0 Å². The van der Waals surface area contributed by atoms with Gasteiger partial charge in [0.15, 0.2) is 5.89 Å². The first kappa shape index (κ1) is 15.1. The van der Waals surface area contributed by atoms with Crippen molar-refractivity contribution < 1.29 is 12.8 Å². The summed E-state index contributed by atoms with van der Waals surface area (Å²) in [7, 11) is -3.81. The Morgan fingerprint density at radius 2 is 1.83 bits per heavy atom. The molecule has 7 nitrogen and oxygen atoms in total. The molecule has 24 heavy (non-hydrogen) atoms. The molecule has 1 fully saturated rings.